The summed E-state index contributed by atoms with van der Waals surface area (Å²) in [6.07, 6.45) is 2.98. The van der Waals surface area contributed by atoms with E-state index in [1.54, 1.807) is 0 Å². The molecular formula is C12H22BClO2. The maximum atomic E-state index is 5.90. The number of hydrogen-bond donors (Lipinski definition) is 0. The SMILES string of the molecule is C=C(CCCCCl)B1OC(C)(C)C(C)(C)O1. The van der Waals surface area contributed by atoms with Crippen molar-refractivity contribution in [2.24, 2.45) is 0 Å². The van der Waals surface area contributed by atoms with Crippen LogP contribution in [0.1, 0.15) is 47.0 Å². The van der Waals surface area contributed by atoms with Crippen LogP contribution in [0.2, 0.25) is 0 Å². The summed E-state index contributed by atoms with van der Waals surface area (Å²) < 4.78 is 11.8. The van der Waals surface area contributed by atoms with E-state index < -0.39 is 0 Å². The van der Waals surface area contributed by atoms with Crippen molar-refractivity contribution < 1.29 is 9.31 Å². The molecule has 1 heterocycles. The maximum Gasteiger partial charge on any atom is 0.489 e. The Morgan fingerprint density at radius 3 is 2.06 bits per heavy atom. The molecule has 1 saturated heterocycles. The van der Waals surface area contributed by atoms with Crippen LogP contribution in [-0.2, 0) is 9.31 Å². The molecule has 0 saturated carbocycles. The van der Waals surface area contributed by atoms with Crippen LogP contribution in [0.5, 0.6) is 0 Å². The smallest absolute Gasteiger partial charge is 0.400 e. The van der Waals surface area contributed by atoms with Gasteiger partial charge in [-0.05, 0) is 52.4 Å². The number of halogens is 1. The van der Waals surface area contributed by atoms with Crippen LogP contribution in [0.25, 0.3) is 0 Å². The van der Waals surface area contributed by atoms with Crippen molar-refractivity contribution in [2.75, 3.05) is 5.88 Å². The molecule has 1 aliphatic heterocycles. The highest BCUT2D eigenvalue weighted by molar-refractivity contribution is 6.54. The molecule has 0 aliphatic carbocycles. The molecule has 92 valence electrons. The summed E-state index contributed by atoms with van der Waals surface area (Å²) >= 11 is 5.64. The van der Waals surface area contributed by atoms with Gasteiger partial charge >= 0.3 is 7.12 Å². The van der Waals surface area contributed by atoms with E-state index in [-0.39, 0.29) is 18.3 Å². The second kappa shape index (κ2) is 5.11. The average Bonchev–Trinajstić information content (AvgIpc) is 2.36. The van der Waals surface area contributed by atoms with Gasteiger partial charge in [0.1, 0.15) is 0 Å². The van der Waals surface area contributed by atoms with Crippen LogP contribution < -0.4 is 0 Å². The molecular weight excluding hydrogens is 222 g/mol. The summed E-state index contributed by atoms with van der Waals surface area (Å²) in [5, 5.41) is 0. The van der Waals surface area contributed by atoms with Gasteiger partial charge in [0.2, 0.25) is 0 Å². The van der Waals surface area contributed by atoms with Crippen molar-refractivity contribution in [1.82, 2.24) is 0 Å². The van der Waals surface area contributed by atoms with E-state index in [4.69, 9.17) is 20.9 Å². The molecule has 0 unspecified atom stereocenters. The zero-order chi connectivity index (χ0) is 12.4. The number of hydrogen-bond acceptors (Lipinski definition) is 2. The summed E-state index contributed by atoms with van der Waals surface area (Å²) in [6, 6.07) is 0. The Hall–Kier alpha value is 0.0149. The lowest BCUT2D eigenvalue weighted by Crippen LogP contribution is -2.41. The number of rotatable bonds is 5. The summed E-state index contributed by atoms with van der Waals surface area (Å²) in [4.78, 5) is 0. The van der Waals surface area contributed by atoms with Crippen molar-refractivity contribution in [2.45, 2.75) is 58.2 Å². The minimum atomic E-state index is -0.271. The fourth-order valence-electron chi connectivity index (χ4n) is 1.57. The summed E-state index contributed by atoms with van der Waals surface area (Å²) in [6.45, 7) is 12.3. The molecule has 16 heavy (non-hydrogen) atoms. The number of alkyl halides is 1. The van der Waals surface area contributed by atoms with E-state index in [0.717, 1.165) is 24.7 Å². The highest BCUT2D eigenvalue weighted by Gasteiger charge is 2.51. The molecule has 1 fully saturated rings. The Bertz CT molecular complexity index is 248. The average molecular weight is 245 g/mol. The molecule has 0 N–H and O–H groups in total. The van der Waals surface area contributed by atoms with Crippen LogP contribution in [0.4, 0.5) is 0 Å². The van der Waals surface area contributed by atoms with Gasteiger partial charge in [0.15, 0.2) is 0 Å². The first-order valence-electron chi connectivity index (χ1n) is 5.89. The van der Waals surface area contributed by atoms with Gasteiger partial charge in [-0.15, -0.1) is 18.2 Å². The third kappa shape index (κ3) is 3.02. The standard InChI is InChI=1S/C12H22BClO2/c1-10(8-6-7-9-14)13-15-11(2,3)12(4,5)16-13/h1,6-9H2,2-5H3. The van der Waals surface area contributed by atoms with Gasteiger partial charge in [0.25, 0.3) is 0 Å². The Morgan fingerprint density at radius 2 is 1.62 bits per heavy atom. The lowest BCUT2D eigenvalue weighted by Gasteiger charge is -2.32. The highest BCUT2D eigenvalue weighted by atomic mass is 35.5. The molecule has 4 heteroatoms. The number of allylic oxidation sites excluding steroid dienone is 1. The van der Waals surface area contributed by atoms with Gasteiger partial charge < -0.3 is 9.31 Å². The van der Waals surface area contributed by atoms with Gasteiger partial charge in [0.05, 0.1) is 11.2 Å². The predicted molar refractivity (Wildman–Crippen MR) is 69.8 cm³/mol. The maximum absolute atomic E-state index is 5.90. The number of unbranched alkanes of at least 4 members (excludes halogenated alkanes) is 1. The molecule has 0 atom stereocenters. The van der Waals surface area contributed by atoms with Crippen LogP contribution in [0.3, 0.4) is 0 Å². The Balaban J connectivity index is 2.49. The summed E-state index contributed by atoms with van der Waals surface area (Å²) in [7, 11) is -0.264. The monoisotopic (exact) mass is 244 g/mol. The zero-order valence-electron chi connectivity index (χ0n) is 10.8. The Kier molecular flexibility index (Phi) is 4.50. The second-order valence-corrected chi connectivity index (χ2v) is 5.77. The molecule has 0 spiro atoms. The fourth-order valence-corrected chi connectivity index (χ4v) is 1.76. The second-order valence-electron chi connectivity index (χ2n) is 5.39. The van der Waals surface area contributed by atoms with E-state index in [2.05, 4.69) is 34.3 Å². The molecule has 0 amide bonds. The first-order valence-corrected chi connectivity index (χ1v) is 6.43. The third-order valence-electron chi connectivity index (χ3n) is 3.47. The normalized spacial score (nSPS) is 22.4. The Labute approximate surface area is 104 Å². The van der Waals surface area contributed by atoms with Crippen LogP contribution >= 0.6 is 11.6 Å². The van der Waals surface area contributed by atoms with E-state index in [9.17, 15) is 0 Å². The lowest BCUT2D eigenvalue weighted by atomic mass is 9.76. The predicted octanol–water partition coefficient (Wildman–Crippen LogP) is 3.58. The topological polar surface area (TPSA) is 18.5 Å². The first kappa shape index (κ1) is 14.1. The minimum Gasteiger partial charge on any atom is -0.400 e. The van der Waals surface area contributed by atoms with E-state index in [1.807, 2.05) is 0 Å². The van der Waals surface area contributed by atoms with Crippen LogP contribution in [-0.4, -0.2) is 24.2 Å². The van der Waals surface area contributed by atoms with Crippen molar-refractivity contribution in [3.63, 3.8) is 0 Å². The summed E-state index contributed by atoms with van der Waals surface area (Å²) in [5.74, 6) is 0.705. The van der Waals surface area contributed by atoms with E-state index >= 15 is 0 Å². The van der Waals surface area contributed by atoms with E-state index in [0.29, 0.717) is 5.88 Å². The zero-order valence-corrected chi connectivity index (χ0v) is 11.6. The van der Waals surface area contributed by atoms with Gasteiger partial charge in [-0.2, -0.15) is 0 Å². The van der Waals surface area contributed by atoms with Crippen LogP contribution in [0.15, 0.2) is 12.1 Å². The van der Waals surface area contributed by atoms with Gasteiger partial charge in [-0.1, -0.05) is 0 Å². The van der Waals surface area contributed by atoms with Crippen molar-refractivity contribution in [3.05, 3.63) is 12.1 Å². The summed E-state index contributed by atoms with van der Waals surface area (Å²) in [5.41, 5.74) is 0.476. The molecule has 0 aromatic heterocycles. The molecule has 1 rings (SSSR count). The van der Waals surface area contributed by atoms with E-state index in [1.165, 1.54) is 0 Å². The van der Waals surface area contributed by atoms with Gasteiger partial charge in [-0.25, -0.2) is 0 Å². The van der Waals surface area contributed by atoms with Crippen molar-refractivity contribution in [3.8, 4) is 0 Å². The molecule has 0 bridgehead atoms. The molecule has 0 aromatic rings. The van der Waals surface area contributed by atoms with Gasteiger partial charge in [0, 0.05) is 5.88 Å². The highest BCUT2D eigenvalue weighted by Crippen LogP contribution is 2.38. The quantitative estimate of drug-likeness (QED) is 0.418. The largest absolute Gasteiger partial charge is 0.489 e. The molecule has 1 aliphatic rings. The van der Waals surface area contributed by atoms with Gasteiger partial charge in [-0.3, -0.25) is 0 Å². The van der Waals surface area contributed by atoms with Crippen LogP contribution in [0, 0.1) is 0 Å². The molecule has 0 aromatic carbocycles. The Morgan fingerprint density at radius 1 is 1.12 bits per heavy atom. The fraction of sp³-hybridized carbons (Fsp3) is 0.833. The third-order valence-corrected chi connectivity index (χ3v) is 3.74. The molecule has 2 nitrogen and oxygen atoms in total. The van der Waals surface area contributed by atoms with Crippen molar-refractivity contribution in [1.29, 1.82) is 0 Å². The lowest BCUT2D eigenvalue weighted by molar-refractivity contribution is 0.00578. The minimum absolute atomic E-state index is 0.264. The van der Waals surface area contributed by atoms with Crippen molar-refractivity contribution >= 4 is 18.7 Å². The molecule has 0 radical (unpaired) electrons. The first-order chi connectivity index (χ1) is 7.30.